The van der Waals surface area contributed by atoms with Crippen molar-refractivity contribution in [1.82, 2.24) is 5.32 Å². The molecule has 3 rings (SSSR count). The highest BCUT2D eigenvalue weighted by Gasteiger charge is 2.27. The summed E-state index contributed by atoms with van der Waals surface area (Å²) in [5.41, 5.74) is 7.95. The van der Waals surface area contributed by atoms with Crippen LogP contribution in [0.3, 0.4) is 0 Å². The molecule has 6 heteroatoms. The van der Waals surface area contributed by atoms with Gasteiger partial charge in [0.25, 0.3) is 0 Å². The molecule has 0 saturated heterocycles. The van der Waals surface area contributed by atoms with E-state index in [1.54, 1.807) is 0 Å². The molecule has 0 fully saturated rings. The smallest absolute Gasteiger partial charge is 0.231 e. The van der Waals surface area contributed by atoms with Crippen LogP contribution in [0.1, 0.15) is 25.5 Å². The Bertz CT molecular complexity index is 649. The van der Waals surface area contributed by atoms with Crippen LogP contribution in [0.4, 0.5) is 0 Å². The van der Waals surface area contributed by atoms with Gasteiger partial charge in [0.05, 0.1) is 0 Å². The monoisotopic (exact) mass is 273 g/mol. The van der Waals surface area contributed by atoms with Crippen LogP contribution in [-0.4, -0.2) is 18.5 Å². The van der Waals surface area contributed by atoms with Gasteiger partial charge in [-0.1, -0.05) is 6.07 Å². The van der Waals surface area contributed by atoms with Gasteiger partial charge in [0.15, 0.2) is 23.2 Å². The number of ketones is 1. The zero-order chi connectivity index (χ0) is 14.3. The Hall–Kier alpha value is -2.50. The fourth-order valence-corrected chi connectivity index (χ4v) is 2.48. The van der Waals surface area contributed by atoms with Gasteiger partial charge >= 0.3 is 0 Å². The lowest BCUT2D eigenvalue weighted by atomic mass is 9.93. The molecule has 1 aromatic rings. The van der Waals surface area contributed by atoms with Crippen LogP contribution in [0.25, 0.3) is 0 Å². The number of hydrogen-bond acceptors (Lipinski definition) is 6. The highest BCUT2D eigenvalue weighted by molar-refractivity contribution is 5.98. The second kappa shape index (κ2) is 4.56. The van der Waals surface area contributed by atoms with Crippen LogP contribution in [0, 0.1) is 0 Å². The number of nitrogens with one attached hydrogen (secondary N) is 1. The number of benzene rings is 1. The van der Waals surface area contributed by atoms with Gasteiger partial charge in [-0.15, -0.1) is 0 Å². The van der Waals surface area contributed by atoms with E-state index in [1.807, 2.05) is 25.1 Å². The largest absolute Gasteiger partial charge is 0.454 e. The molecule has 6 nitrogen and oxygen atoms in total. The summed E-state index contributed by atoms with van der Waals surface area (Å²) >= 11 is 0. The number of rotatable bonds is 2. The molecule has 0 spiro atoms. The maximum Gasteiger partial charge on any atom is 0.231 e. The third-order valence-corrected chi connectivity index (χ3v) is 3.35. The molecule has 2 heterocycles. The second-order valence-electron chi connectivity index (χ2n) is 4.75. The van der Waals surface area contributed by atoms with Crippen LogP contribution in [0.15, 0.2) is 34.5 Å². The number of allylic oxidation sites excluding steroid dienone is 1. The normalized spacial score (nSPS) is 20.5. The summed E-state index contributed by atoms with van der Waals surface area (Å²) in [6.07, 6.45) is 0. The molecule has 1 atom stereocenters. The molecule has 0 saturated carbocycles. The SMILES string of the molecule is CC(=O)C1=C(C)NC(N)=N[C@@H]1c1ccc2c(c1)OCO2. The average Bonchev–Trinajstić information content (AvgIpc) is 2.84. The van der Waals surface area contributed by atoms with E-state index >= 15 is 0 Å². The summed E-state index contributed by atoms with van der Waals surface area (Å²) in [6.45, 7) is 3.56. The molecule has 0 unspecified atom stereocenters. The van der Waals surface area contributed by atoms with Crippen LogP contribution >= 0.6 is 0 Å². The van der Waals surface area contributed by atoms with Crippen molar-refractivity contribution >= 4 is 11.7 Å². The van der Waals surface area contributed by atoms with E-state index in [9.17, 15) is 4.79 Å². The van der Waals surface area contributed by atoms with Crippen molar-refractivity contribution in [3.05, 3.63) is 35.0 Å². The highest BCUT2D eigenvalue weighted by Crippen LogP contribution is 2.38. The zero-order valence-corrected chi connectivity index (χ0v) is 11.3. The third-order valence-electron chi connectivity index (χ3n) is 3.35. The van der Waals surface area contributed by atoms with Crippen LogP contribution < -0.4 is 20.5 Å². The van der Waals surface area contributed by atoms with Gasteiger partial charge in [0, 0.05) is 11.3 Å². The van der Waals surface area contributed by atoms with E-state index in [0.717, 1.165) is 11.3 Å². The minimum atomic E-state index is -0.414. The topological polar surface area (TPSA) is 85.9 Å². The summed E-state index contributed by atoms with van der Waals surface area (Å²) in [5, 5.41) is 2.89. The van der Waals surface area contributed by atoms with Crippen molar-refractivity contribution < 1.29 is 14.3 Å². The highest BCUT2D eigenvalue weighted by atomic mass is 16.7. The van der Waals surface area contributed by atoms with Crippen LogP contribution in [0.5, 0.6) is 11.5 Å². The number of guanidine groups is 1. The zero-order valence-electron chi connectivity index (χ0n) is 11.3. The number of carbonyl (C=O) groups is 1. The molecule has 20 heavy (non-hydrogen) atoms. The van der Waals surface area contributed by atoms with Crippen molar-refractivity contribution in [3.8, 4) is 11.5 Å². The Morgan fingerprint density at radius 1 is 1.40 bits per heavy atom. The van der Waals surface area contributed by atoms with Gasteiger partial charge in [0.1, 0.15) is 6.04 Å². The van der Waals surface area contributed by atoms with Crippen molar-refractivity contribution in [2.75, 3.05) is 6.79 Å². The van der Waals surface area contributed by atoms with E-state index in [2.05, 4.69) is 10.3 Å². The van der Waals surface area contributed by atoms with Crippen molar-refractivity contribution in [2.45, 2.75) is 19.9 Å². The molecule has 0 amide bonds. The minimum Gasteiger partial charge on any atom is -0.454 e. The number of ether oxygens (including phenoxy) is 2. The molecule has 0 aliphatic carbocycles. The van der Waals surface area contributed by atoms with Gasteiger partial charge in [-0.25, -0.2) is 4.99 Å². The first kappa shape index (κ1) is 12.5. The maximum atomic E-state index is 11.9. The Morgan fingerprint density at radius 2 is 2.15 bits per heavy atom. The van der Waals surface area contributed by atoms with Crippen molar-refractivity contribution in [3.63, 3.8) is 0 Å². The van der Waals surface area contributed by atoms with Gasteiger partial charge < -0.3 is 20.5 Å². The molecule has 1 aromatic carbocycles. The van der Waals surface area contributed by atoms with Crippen molar-refractivity contribution in [1.29, 1.82) is 0 Å². The number of aliphatic imine (C=N–C) groups is 1. The molecule has 104 valence electrons. The molecule has 3 N–H and O–H groups in total. The molecule has 0 bridgehead atoms. The standard InChI is InChI=1S/C14H15N3O3/c1-7-12(8(2)18)13(17-14(15)16-7)9-3-4-10-11(5-9)20-6-19-10/h3-5,13H,6H2,1-2H3,(H3,15,16,17)/t13-/m1/s1. The first-order valence-electron chi connectivity index (χ1n) is 6.28. The number of carbonyl (C=O) groups excluding carboxylic acids is 1. The molecule has 2 aliphatic rings. The Kier molecular flexibility index (Phi) is 2.85. The quantitative estimate of drug-likeness (QED) is 0.846. The Labute approximate surface area is 116 Å². The van der Waals surface area contributed by atoms with E-state index in [1.165, 1.54) is 6.92 Å². The van der Waals surface area contributed by atoms with Crippen molar-refractivity contribution in [2.24, 2.45) is 10.7 Å². The molecule has 2 aliphatic heterocycles. The average molecular weight is 273 g/mol. The van der Waals surface area contributed by atoms with Gasteiger partial charge in [-0.2, -0.15) is 0 Å². The number of Topliss-reactive ketones (excluding diaryl/α,β-unsaturated/α-hetero) is 1. The lowest BCUT2D eigenvalue weighted by Crippen LogP contribution is -2.36. The van der Waals surface area contributed by atoms with E-state index in [0.29, 0.717) is 23.0 Å². The van der Waals surface area contributed by atoms with Crippen LogP contribution in [-0.2, 0) is 4.79 Å². The fourth-order valence-electron chi connectivity index (χ4n) is 2.48. The van der Waals surface area contributed by atoms with Gasteiger partial charge in [0.2, 0.25) is 6.79 Å². The lowest BCUT2D eigenvalue weighted by molar-refractivity contribution is -0.114. The number of fused-ring (bicyclic) bond motifs is 1. The number of nitrogens with two attached hydrogens (primary N) is 1. The predicted molar refractivity (Wildman–Crippen MR) is 73.4 cm³/mol. The van der Waals surface area contributed by atoms with E-state index < -0.39 is 6.04 Å². The van der Waals surface area contributed by atoms with Crippen LogP contribution in [0.2, 0.25) is 0 Å². The van der Waals surface area contributed by atoms with E-state index in [-0.39, 0.29) is 12.6 Å². The fraction of sp³-hybridized carbons (Fsp3) is 0.286. The summed E-state index contributed by atoms with van der Waals surface area (Å²) in [4.78, 5) is 16.2. The summed E-state index contributed by atoms with van der Waals surface area (Å²) in [5.74, 6) is 1.63. The molecule has 0 radical (unpaired) electrons. The number of hydrogen-bond donors (Lipinski definition) is 2. The number of nitrogens with zero attached hydrogens (tertiary/aromatic N) is 1. The third kappa shape index (κ3) is 1.99. The second-order valence-corrected chi connectivity index (χ2v) is 4.75. The maximum absolute atomic E-state index is 11.9. The Balaban J connectivity index is 2.06. The van der Waals surface area contributed by atoms with Gasteiger partial charge in [-0.05, 0) is 31.5 Å². The van der Waals surface area contributed by atoms with E-state index in [4.69, 9.17) is 15.2 Å². The van der Waals surface area contributed by atoms with Gasteiger partial charge in [-0.3, -0.25) is 4.79 Å². The molecular formula is C14H15N3O3. The minimum absolute atomic E-state index is 0.0334. The Morgan fingerprint density at radius 3 is 2.90 bits per heavy atom. The first-order valence-corrected chi connectivity index (χ1v) is 6.28. The summed E-state index contributed by atoms with van der Waals surface area (Å²) in [7, 11) is 0. The first-order chi connectivity index (χ1) is 9.56. The predicted octanol–water partition coefficient (Wildman–Crippen LogP) is 1.24. The summed E-state index contributed by atoms with van der Waals surface area (Å²) < 4.78 is 10.6. The lowest BCUT2D eigenvalue weighted by Gasteiger charge is -2.24. The molecular weight excluding hydrogens is 258 g/mol. The summed E-state index contributed by atoms with van der Waals surface area (Å²) in [6, 6.07) is 5.11. The molecule has 0 aromatic heterocycles.